The summed E-state index contributed by atoms with van der Waals surface area (Å²) in [7, 11) is 0. The zero-order valence-electron chi connectivity index (χ0n) is 6.92. The molecule has 1 aromatic rings. The first-order chi connectivity index (χ1) is 5.74. The Morgan fingerprint density at radius 2 is 2.25 bits per heavy atom. The van der Waals surface area contributed by atoms with E-state index < -0.39 is 0 Å². The smallest absolute Gasteiger partial charge is 0.130 e. The number of rotatable bonds is 2. The molecule has 0 aliphatic heterocycles. The van der Waals surface area contributed by atoms with E-state index in [2.05, 4.69) is 0 Å². The lowest BCUT2D eigenvalue weighted by molar-refractivity contribution is 0.343. The van der Waals surface area contributed by atoms with Crippen LogP contribution in [0.1, 0.15) is 11.1 Å². The fourth-order valence-corrected chi connectivity index (χ4v) is 0.971. The number of hydrogen-bond acceptors (Lipinski definition) is 1. The SMILES string of the molecule is Cc1ccc(F)c(C=CCO)c1. The van der Waals surface area contributed by atoms with E-state index in [1.807, 2.05) is 6.92 Å². The van der Waals surface area contributed by atoms with Gasteiger partial charge in [-0.3, -0.25) is 0 Å². The molecule has 0 fully saturated rings. The average molecular weight is 166 g/mol. The molecule has 0 saturated carbocycles. The Hall–Kier alpha value is -1.15. The van der Waals surface area contributed by atoms with Gasteiger partial charge in [-0.25, -0.2) is 4.39 Å². The van der Waals surface area contributed by atoms with Gasteiger partial charge in [0.2, 0.25) is 0 Å². The molecule has 1 rings (SSSR count). The summed E-state index contributed by atoms with van der Waals surface area (Å²) in [6.07, 6.45) is 3.08. The minimum Gasteiger partial charge on any atom is -0.392 e. The van der Waals surface area contributed by atoms with Crippen LogP contribution in [-0.4, -0.2) is 11.7 Å². The Kier molecular flexibility index (Phi) is 3.00. The lowest BCUT2D eigenvalue weighted by Gasteiger charge is -1.97. The molecular weight excluding hydrogens is 155 g/mol. The highest BCUT2D eigenvalue weighted by Crippen LogP contribution is 2.11. The second-order valence-electron chi connectivity index (χ2n) is 2.61. The summed E-state index contributed by atoms with van der Waals surface area (Å²) in [4.78, 5) is 0. The van der Waals surface area contributed by atoms with E-state index in [0.29, 0.717) is 5.56 Å². The Balaban J connectivity index is 2.97. The van der Waals surface area contributed by atoms with Crippen molar-refractivity contribution in [1.29, 1.82) is 0 Å². The van der Waals surface area contributed by atoms with Gasteiger partial charge in [-0.05, 0) is 19.1 Å². The summed E-state index contributed by atoms with van der Waals surface area (Å²) >= 11 is 0. The molecule has 0 aromatic heterocycles. The van der Waals surface area contributed by atoms with Gasteiger partial charge in [-0.15, -0.1) is 0 Å². The standard InChI is InChI=1S/C10H11FO/c1-8-4-5-10(11)9(7-8)3-2-6-12/h2-5,7,12H,6H2,1H3. The third-order valence-electron chi connectivity index (χ3n) is 1.55. The number of aryl methyl sites for hydroxylation is 1. The fourth-order valence-electron chi connectivity index (χ4n) is 0.971. The predicted molar refractivity (Wildman–Crippen MR) is 47.3 cm³/mol. The molecule has 0 saturated heterocycles. The van der Waals surface area contributed by atoms with Crippen molar-refractivity contribution in [2.45, 2.75) is 6.92 Å². The van der Waals surface area contributed by atoms with E-state index in [0.717, 1.165) is 5.56 Å². The van der Waals surface area contributed by atoms with Crippen LogP contribution in [0, 0.1) is 12.7 Å². The molecule has 0 spiro atoms. The lowest BCUT2D eigenvalue weighted by atomic mass is 10.1. The van der Waals surface area contributed by atoms with E-state index >= 15 is 0 Å². The van der Waals surface area contributed by atoms with Gasteiger partial charge in [0, 0.05) is 5.56 Å². The Bertz CT molecular complexity index is 292. The van der Waals surface area contributed by atoms with E-state index in [1.165, 1.54) is 12.1 Å². The van der Waals surface area contributed by atoms with Gasteiger partial charge in [0.25, 0.3) is 0 Å². The van der Waals surface area contributed by atoms with Crippen LogP contribution >= 0.6 is 0 Å². The normalized spacial score (nSPS) is 10.9. The molecule has 0 aliphatic carbocycles. The molecular formula is C10H11FO. The van der Waals surface area contributed by atoms with Crippen LogP contribution in [0.2, 0.25) is 0 Å². The molecule has 0 unspecified atom stereocenters. The molecule has 64 valence electrons. The third kappa shape index (κ3) is 2.17. The maximum atomic E-state index is 13.0. The molecule has 1 nitrogen and oxygen atoms in total. The van der Waals surface area contributed by atoms with Gasteiger partial charge in [-0.1, -0.05) is 23.8 Å². The van der Waals surface area contributed by atoms with Crippen molar-refractivity contribution in [2.24, 2.45) is 0 Å². The van der Waals surface area contributed by atoms with Gasteiger partial charge in [-0.2, -0.15) is 0 Å². The molecule has 1 aromatic carbocycles. The van der Waals surface area contributed by atoms with E-state index in [-0.39, 0.29) is 12.4 Å². The number of halogens is 1. The summed E-state index contributed by atoms with van der Waals surface area (Å²) in [5.41, 5.74) is 1.53. The van der Waals surface area contributed by atoms with Crippen LogP contribution in [0.15, 0.2) is 24.3 Å². The van der Waals surface area contributed by atoms with Gasteiger partial charge in [0.05, 0.1) is 6.61 Å². The van der Waals surface area contributed by atoms with Gasteiger partial charge in [0.15, 0.2) is 0 Å². The Morgan fingerprint density at radius 1 is 1.50 bits per heavy atom. The van der Waals surface area contributed by atoms with Crippen molar-refractivity contribution < 1.29 is 9.50 Å². The fraction of sp³-hybridized carbons (Fsp3) is 0.200. The lowest BCUT2D eigenvalue weighted by Crippen LogP contribution is -1.83. The zero-order valence-corrected chi connectivity index (χ0v) is 6.92. The topological polar surface area (TPSA) is 20.2 Å². The van der Waals surface area contributed by atoms with E-state index in [4.69, 9.17) is 5.11 Å². The Labute approximate surface area is 71.2 Å². The summed E-state index contributed by atoms with van der Waals surface area (Å²) in [5.74, 6) is -0.259. The van der Waals surface area contributed by atoms with Gasteiger partial charge < -0.3 is 5.11 Å². The maximum absolute atomic E-state index is 13.0. The molecule has 0 atom stereocenters. The molecule has 0 amide bonds. The summed E-state index contributed by atoms with van der Waals surface area (Å²) in [6, 6.07) is 4.87. The van der Waals surface area contributed by atoms with Gasteiger partial charge in [0.1, 0.15) is 5.82 Å². The number of benzene rings is 1. The maximum Gasteiger partial charge on any atom is 0.130 e. The molecule has 0 bridgehead atoms. The van der Waals surface area contributed by atoms with E-state index in [9.17, 15) is 4.39 Å². The monoisotopic (exact) mass is 166 g/mol. The van der Waals surface area contributed by atoms with Crippen LogP contribution in [0.4, 0.5) is 4.39 Å². The van der Waals surface area contributed by atoms with Crippen molar-refractivity contribution in [1.82, 2.24) is 0 Å². The Morgan fingerprint density at radius 3 is 2.92 bits per heavy atom. The molecule has 0 aliphatic rings. The minimum atomic E-state index is -0.259. The van der Waals surface area contributed by atoms with Crippen molar-refractivity contribution in [3.05, 3.63) is 41.2 Å². The first kappa shape index (κ1) is 8.94. The highest BCUT2D eigenvalue weighted by molar-refractivity contribution is 5.51. The van der Waals surface area contributed by atoms with Crippen molar-refractivity contribution >= 4 is 6.08 Å². The van der Waals surface area contributed by atoms with Gasteiger partial charge >= 0.3 is 0 Å². The number of aliphatic hydroxyl groups excluding tert-OH is 1. The van der Waals surface area contributed by atoms with Crippen molar-refractivity contribution in [3.8, 4) is 0 Å². The summed E-state index contributed by atoms with van der Waals surface area (Å²) < 4.78 is 13.0. The average Bonchev–Trinajstić information content (AvgIpc) is 2.07. The quantitative estimate of drug-likeness (QED) is 0.713. The van der Waals surface area contributed by atoms with Crippen molar-refractivity contribution in [3.63, 3.8) is 0 Å². The van der Waals surface area contributed by atoms with Crippen LogP contribution < -0.4 is 0 Å². The highest BCUT2D eigenvalue weighted by atomic mass is 19.1. The number of aliphatic hydroxyl groups is 1. The minimum absolute atomic E-state index is 0.0621. The highest BCUT2D eigenvalue weighted by Gasteiger charge is 1.96. The number of hydrogen-bond donors (Lipinski definition) is 1. The largest absolute Gasteiger partial charge is 0.392 e. The zero-order chi connectivity index (χ0) is 8.97. The molecule has 2 heteroatoms. The van der Waals surface area contributed by atoms with Crippen LogP contribution in [0.5, 0.6) is 0 Å². The third-order valence-corrected chi connectivity index (χ3v) is 1.55. The predicted octanol–water partition coefficient (Wildman–Crippen LogP) is 2.14. The molecule has 0 radical (unpaired) electrons. The second-order valence-corrected chi connectivity index (χ2v) is 2.61. The second kappa shape index (κ2) is 4.02. The molecule has 0 heterocycles. The van der Waals surface area contributed by atoms with Crippen molar-refractivity contribution in [2.75, 3.05) is 6.61 Å². The van der Waals surface area contributed by atoms with Crippen LogP contribution in [-0.2, 0) is 0 Å². The summed E-state index contributed by atoms with van der Waals surface area (Å²) in [5, 5.41) is 8.48. The first-order valence-electron chi connectivity index (χ1n) is 3.77. The first-order valence-corrected chi connectivity index (χ1v) is 3.77. The summed E-state index contributed by atoms with van der Waals surface area (Å²) in [6.45, 7) is 1.84. The molecule has 1 N–H and O–H groups in total. The molecule has 12 heavy (non-hydrogen) atoms. The van der Waals surface area contributed by atoms with Crippen LogP contribution in [0.25, 0.3) is 6.08 Å². The van der Waals surface area contributed by atoms with E-state index in [1.54, 1.807) is 18.2 Å². The van der Waals surface area contributed by atoms with Crippen LogP contribution in [0.3, 0.4) is 0 Å².